The SMILES string of the molecule is O=C(COC(=O)CNC(=O)c1sc2ccccc2c1Cl)NCCc1ccccc1. The van der Waals surface area contributed by atoms with Crippen LogP contribution in [0, 0.1) is 0 Å². The summed E-state index contributed by atoms with van der Waals surface area (Å²) in [6.45, 7) is -0.296. The lowest BCUT2D eigenvalue weighted by Gasteiger charge is -2.07. The first kappa shape index (κ1) is 20.8. The molecule has 150 valence electrons. The molecule has 0 aliphatic heterocycles. The minimum Gasteiger partial charge on any atom is -0.454 e. The molecule has 0 spiro atoms. The zero-order valence-electron chi connectivity index (χ0n) is 15.4. The Labute approximate surface area is 176 Å². The third kappa shape index (κ3) is 5.79. The summed E-state index contributed by atoms with van der Waals surface area (Å²) in [6, 6.07) is 17.1. The van der Waals surface area contributed by atoms with Gasteiger partial charge in [-0.2, -0.15) is 0 Å². The molecule has 0 unspecified atom stereocenters. The zero-order valence-corrected chi connectivity index (χ0v) is 17.0. The van der Waals surface area contributed by atoms with Crippen LogP contribution < -0.4 is 10.6 Å². The molecular weight excluding hydrogens is 412 g/mol. The number of fused-ring (bicyclic) bond motifs is 1. The van der Waals surface area contributed by atoms with Gasteiger partial charge in [-0.3, -0.25) is 14.4 Å². The highest BCUT2D eigenvalue weighted by Gasteiger charge is 2.18. The van der Waals surface area contributed by atoms with Crippen LogP contribution in [0.15, 0.2) is 54.6 Å². The van der Waals surface area contributed by atoms with Gasteiger partial charge in [0.2, 0.25) is 0 Å². The summed E-state index contributed by atoms with van der Waals surface area (Å²) in [5, 5.41) is 6.30. The van der Waals surface area contributed by atoms with E-state index in [0.717, 1.165) is 15.6 Å². The van der Waals surface area contributed by atoms with E-state index in [4.69, 9.17) is 16.3 Å². The molecule has 8 heteroatoms. The Morgan fingerprint density at radius 1 is 0.966 bits per heavy atom. The third-order valence-electron chi connectivity index (χ3n) is 4.08. The number of carbonyl (C=O) groups is 3. The fraction of sp³-hybridized carbons (Fsp3) is 0.190. The molecule has 1 heterocycles. The number of hydrogen-bond acceptors (Lipinski definition) is 5. The largest absolute Gasteiger partial charge is 0.454 e. The van der Waals surface area contributed by atoms with Crippen molar-refractivity contribution in [3.05, 3.63) is 70.1 Å². The minimum atomic E-state index is -0.700. The van der Waals surface area contributed by atoms with Crippen molar-refractivity contribution in [3.63, 3.8) is 0 Å². The molecule has 0 radical (unpaired) electrons. The van der Waals surface area contributed by atoms with Gasteiger partial charge in [0.05, 0.1) is 5.02 Å². The molecule has 0 bridgehead atoms. The number of ether oxygens (including phenoxy) is 1. The second kappa shape index (κ2) is 10.0. The van der Waals surface area contributed by atoms with Crippen LogP contribution in [0.3, 0.4) is 0 Å². The van der Waals surface area contributed by atoms with Crippen molar-refractivity contribution in [2.75, 3.05) is 19.7 Å². The highest BCUT2D eigenvalue weighted by molar-refractivity contribution is 7.21. The van der Waals surface area contributed by atoms with Crippen molar-refractivity contribution in [2.45, 2.75) is 6.42 Å². The van der Waals surface area contributed by atoms with E-state index >= 15 is 0 Å². The summed E-state index contributed by atoms with van der Waals surface area (Å²) >= 11 is 7.49. The van der Waals surface area contributed by atoms with Crippen LogP contribution in [0.1, 0.15) is 15.2 Å². The molecule has 0 saturated carbocycles. The molecule has 0 saturated heterocycles. The second-order valence-corrected chi connectivity index (χ2v) is 7.60. The number of hydrogen-bond donors (Lipinski definition) is 2. The van der Waals surface area contributed by atoms with Crippen molar-refractivity contribution < 1.29 is 19.1 Å². The van der Waals surface area contributed by atoms with Gasteiger partial charge in [-0.05, 0) is 18.1 Å². The number of carbonyl (C=O) groups excluding carboxylic acids is 3. The molecule has 2 amide bonds. The average Bonchev–Trinajstić information content (AvgIpc) is 3.08. The van der Waals surface area contributed by atoms with Crippen LogP contribution in [-0.4, -0.2) is 37.5 Å². The summed E-state index contributed by atoms with van der Waals surface area (Å²) in [7, 11) is 0. The highest BCUT2D eigenvalue weighted by Crippen LogP contribution is 2.34. The lowest BCUT2D eigenvalue weighted by Crippen LogP contribution is -2.34. The Morgan fingerprint density at radius 2 is 1.69 bits per heavy atom. The zero-order chi connectivity index (χ0) is 20.6. The summed E-state index contributed by atoms with van der Waals surface area (Å²) < 4.78 is 5.77. The average molecular weight is 431 g/mol. The van der Waals surface area contributed by atoms with E-state index in [2.05, 4.69) is 10.6 Å². The maximum absolute atomic E-state index is 12.3. The molecule has 2 aromatic carbocycles. The quantitative estimate of drug-likeness (QED) is 0.537. The first-order chi connectivity index (χ1) is 14.0. The normalized spacial score (nSPS) is 10.5. The molecule has 0 fully saturated rings. The molecule has 29 heavy (non-hydrogen) atoms. The van der Waals surface area contributed by atoms with Crippen molar-refractivity contribution in [3.8, 4) is 0 Å². The van der Waals surface area contributed by atoms with Gasteiger partial charge in [0.1, 0.15) is 11.4 Å². The van der Waals surface area contributed by atoms with Gasteiger partial charge in [-0.1, -0.05) is 60.1 Å². The van der Waals surface area contributed by atoms with Gasteiger partial charge in [0.25, 0.3) is 11.8 Å². The molecular formula is C21H19ClN2O4S. The van der Waals surface area contributed by atoms with Crippen LogP contribution in [0.4, 0.5) is 0 Å². The van der Waals surface area contributed by atoms with E-state index in [1.54, 1.807) is 0 Å². The maximum Gasteiger partial charge on any atom is 0.325 e. The summed E-state index contributed by atoms with van der Waals surface area (Å²) in [5.74, 6) is -1.55. The van der Waals surface area contributed by atoms with Gasteiger partial charge in [0, 0.05) is 16.6 Å². The minimum absolute atomic E-state index is 0.333. The van der Waals surface area contributed by atoms with Crippen LogP contribution >= 0.6 is 22.9 Å². The number of esters is 1. The lowest BCUT2D eigenvalue weighted by molar-refractivity contribution is -0.147. The van der Waals surface area contributed by atoms with Crippen LogP contribution in [-0.2, 0) is 20.7 Å². The first-order valence-electron chi connectivity index (χ1n) is 8.96. The fourth-order valence-electron chi connectivity index (χ4n) is 2.63. The number of halogens is 1. The Kier molecular flexibility index (Phi) is 7.21. The molecule has 6 nitrogen and oxygen atoms in total. The Morgan fingerprint density at radius 3 is 2.45 bits per heavy atom. The molecule has 3 rings (SSSR count). The van der Waals surface area contributed by atoms with Crippen LogP contribution in [0.5, 0.6) is 0 Å². The standard InChI is InChI=1S/C21H19ClN2O4S/c22-19-15-8-4-5-9-16(15)29-20(19)21(27)24-12-18(26)28-13-17(25)23-11-10-14-6-2-1-3-7-14/h1-9H,10-13H2,(H,23,25)(H,24,27). The van der Waals surface area contributed by atoms with Crippen molar-refractivity contribution in [1.29, 1.82) is 0 Å². The van der Waals surface area contributed by atoms with Gasteiger partial charge in [0.15, 0.2) is 6.61 Å². The Hall–Kier alpha value is -2.90. The molecule has 1 aromatic heterocycles. The van der Waals surface area contributed by atoms with Crippen LogP contribution in [0.2, 0.25) is 5.02 Å². The summed E-state index contributed by atoms with van der Waals surface area (Å²) in [4.78, 5) is 36.2. The number of amides is 2. The molecule has 0 aliphatic rings. The molecule has 0 aliphatic carbocycles. The van der Waals surface area contributed by atoms with Crippen molar-refractivity contribution in [2.24, 2.45) is 0 Å². The predicted molar refractivity (Wildman–Crippen MR) is 113 cm³/mol. The van der Waals surface area contributed by atoms with E-state index in [9.17, 15) is 14.4 Å². The number of thiophene rings is 1. The van der Waals surface area contributed by atoms with E-state index in [1.807, 2.05) is 54.6 Å². The number of benzene rings is 2. The molecule has 3 aromatic rings. The van der Waals surface area contributed by atoms with Crippen molar-refractivity contribution >= 4 is 50.8 Å². The monoisotopic (exact) mass is 430 g/mol. The number of nitrogens with one attached hydrogen (secondary N) is 2. The molecule has 2 N–H and O–H groups in total. The van der Waals surface area contributed by atoms with E-state index in [0.29, 0.717) is 22.9 Å². The smallest absolute Gasteiger partial charge is 0.325 e. The second-order valence-electron chi connectivity index (χ2n) is 6.17. The van der Waals surface area contributed by atoms with Crippen LogP contribution in [0.25, 0.3) is 10.1 Å². The Balaban J connectivity index is 1.38. The van der Waals surface area contributed by atoms with Crippen molar-refractivity contribution in [1.82, 2.24) is 10.6 Å². The third-order valence-corrected chi connectivity index (χ3v) is 5.75. The van der Waals surface area contributed by atoms with Gasteiger partial charge >= 0.3 is 5.97 Å². The topological polar surface area (TPSA) is 84.5 Å². The van der Waals surface area contributed by atoms with Gasteiger partial charge < -0.3 is 15.4 Å². The number of rotatable bonds is 8. The van der Waals surface area contributed by atoms with Gasteiger partial charge in [-0.15, -0.1) is 11.3 Å². The molecule has 0 atom stereocenters. The maximum atomic E-state index is 12.3. The first-order valence-corrected chi connectivity index (χ1v) is 10.2. The summed E-state index contributed by atoms with van der Waals surface area (Å²) in [6.07, 6.45) is 0.687. The van der Waals surface area contributed by atoms with E-state index < -0.39 is 24.4 Å². The van der Waals surface area contributed by atoms with E-state index in [1.165, 1.54) is 11.3 Å². The lowest BCUT2D eigenvalue weighted by atomic mass is 10.1. The van der Waals surface area contributed by atoms with E-state index in [-0.39, 0.29) is 6.54 Å². The Bertz CT molecular complexity index is 1020. The van der Waals surface area contributed by atoms with Gasteiger partial charge in [-0.25, -0.2) is 0 Å². The highest BCUT2D eigenvalue weighted by atomic mass is 35.5. The predicted octanol–water partition coefficient (Wildman–Crippen LogP) is 3.19. The summed E-state index contributed by atoms with van der Waals surface area (Å²) in [5.41, 5.74) is 1.10. The fourth-order valence-corrected chi connectivity index (χ4v) is 4.07.